The van der Waals surface area contributed by atoms with Gasteiger partial charge >= 0.3 is 0 Å². The molecule has 2 aromatic rings. The van der Waals surface area contributed by atoms with E-state index >= 15 is 0 Å². The predicted molar refractivity (Wildman–Crippen MR) is 105 cm³/mol. The van der Waals surface area contributed by atoms with Gasteiger partial charge in [-0.05, 0) is 47.9 Å². The highest BCUT2D eigenvalue weighted by Crippen LogP contribution is 2.37. The third-order valence-corrected chi connectivity index (χ3v) is 6.02. The molecule has 2 aliphatic heterocycles. The third-order valence-electron chi connectivity index (χ3n) is 6.02. The molecule has 4 rings (SSSR count). The Bertz CT molecular complexity index is 735. The predicted octanol–water partition coefficient (Wildman–Crippen LogP) is 4.58. The molecule has 25 heavy (non-hydrogen) atoms. The number of rotatable bonds is 3. The Morgan fingerprint density at radius 3 is 2.48 bits per heavy atom. The fourth-order valence-corrected chi connectivity index (χ4v) is 4.60. The Morgan fingerprint density at radius 2 is 1.72 bits per heavy atom. The highest BCUT2D eigenvalue weighted by atomic mass is 15.2. The molecule has 0 saturated carbocycles. The summed E-state index contributed by atoms with van der Waals surface area (Å²) in [4.78, 5) is 7.82. The molecule has 0 bridgehead atoms. The maximum absolute atomic E-state index is 5.15. The van der Waals surface area contributed by atoms with Crippen LogP contribution in [0.3, 0.4) is 0 Å². The van der Waals surface area contributed by atoms with Gasteiger partial charge in [0.25, 0.3) is 0 Å². The van der Waals surface area contributed by atoms with Crippen LogP contribution in [-0.4, -0.2) is 29.7 Å². The molecule has 3 atom stereocenters. The van der Waals surface area contributed by atoms with Gasteiger partial charge in [0, 0.05) is 18.8 Å². The normalized spacial score (nSPS) is 26.6. The molecular weight excluding hydrogens is 304 g/mol. The van der Waals surface area contributed by atoms with E-state index in [2.05, 4.69) is 79.6 Å². The second-order valence-corrected chi connectivity index (χ2v) is 7.89. The maximum atomic E-state index is 5.15. The standard InChI is InChI=1S/C23H28N2/c1-17(2)21-12-13-25-16-20-11-7-6-10-19(20)14-22(25)23(21)24-15-18-8-4-3-5-9-18/h3-11,15,17,21-23H,12-14,16H2,1-2H3/t21-,22+,23+/m1/s1. The lowest BCUT2D eigenvalue weighted by atomic mass is 9.75. The molecule has 2 nitrogen and oxygen atoms in total. The minimum atomic E-state index is 0.391. The van der Waals surface area contributed by atoms with Gasteiger partial charge in [0.05, 0.1) is 6.04 Å². The Hall–Kier alpha value is -1.93. The smallest absolute Gasteiger partial charge is 0.0689 e. The first-order valence-electron chi connectivity index (χ1n) is 9.61. The van der Waals surface area contributed by atoms with E-state index in [1.54, 1.807) is 0 Å². The van der Waals surface area contributed by atoms with Crippen molar-refractivity contribution in [1.82, 2.24) is 4.90 Å². The molecule has 2 heteroatoms. The number of piperidine rings is 1. The van der Waals surface area contributed by atoms with Crippen molar-refractivity contribution in [2.24, 2.45) is 16.8 Å². The molecule has 0 N–H and O–H groups in total. The Kier molecular flexibility index (Phi) is 4.72. The second kappa shape index (κ2) is 7.13. The Morgan fingerprint density at radius 1 is 1.00 bits per heavy atom. The monoisotopic (exact) mass is 332 g/mol. The molecule has 1 saturated heterocycles. The Labute approximate surface area is 151 Å². The van der Waals surface area contributed by atoms with Gasteiger partial charge in [-0.25, -0.2) is 0 Å². The van der Waals surface area contributed by atoms with E-state index in [4.69, 9.17) is 4.99 Å². The highest BCUT2D eigenvalue weighted by Gasteiger charge is 2.41. The number of nitrogens with zero attached hydrogens (tertiary/aromatic N) is 2. The number of hydrogen-bond acceptors (Lipinski definition) is 2. The molecule has 0 aliphatic carbocycles. The van der Waals surface area contributed by atoms with Crippen molar-refractivity contribution in [3.8, 4) is 0 Å². The van der Waals surface area contributed by atoms with Crippen LogP contribution in [-0.2, 0) is 13.0 Å². The van der Waals surface area contributed by atoms with Crippen LogP contribution >= 0.6 is 0 Å². The van der Waals surface area contributed by atoms with E-state index in [1.807, 2.05) is 0 Å². The Balaban J connectivity index is 1.64. The molecule has 0 amide bonds. The van der Waals surface area contributed by atoms with Crippen LogP contribution in [0.15, 0.2) is 59.6 Å². The van der Waals surface area contributed by atoms with E-state index in [9.17, 15) is 0 Å². The summed E-state index contributed by atoms with van der Waals surface area (Å²) in [5, 5.41) is 0. The van der Waals surface area contributed by atoms with Crippen molar-refractivity contribution < 1.29 is 0 Å². The van der Waals surface area contributed by atoms with Gasteiger partial charge in [-0.1, -0.05) is 68.4 Å². The van der Waals surface area contributed by atoms with E-state index in [1.165, 1.54) is 29.7 Å². The summed E-state index contributed by atoms with van der Waals surface area (Å²) in [6.07, 6.45) is 4.49. The molecule has 2 heterocycles. The van der Waals surface area contributed by atoms with Gasteiger partial charge < -0.3 is 0 Å². The first-order chi connectivity index (χ1) is 12.2. The largest absolute Gasteiger partial charge is 0.294 e. The van der Waals surface area contributed by atoms with E-state index in [0.29, 0.717) is 23.9 Å². The van der Waals surface area contributed by atoms with E-state index in [-0.39, 0.29) is 0 Å². The SMILES string of the molecule is CC(C)[C@H]1CCN2Cc3ccccc3C[C@H]2[C@H]1N=Cc1ccccc1. The van der Waals surface area contributed by atoms with Crippen LogP contribution in [0.1, 0.15) is 37.0 Å². The van der Waals surface area contributed by atoms with Gasteiger partial charge in [0.1, 0.15) is 0 Å². The van der Waals surface area contributed by atoms with Crippen molar-refractivity contribution in [2.75, 3.05) is 6.54 Å². The summed E-state index contributed by atoms with van der Waals surface area (Å²) < 4.78 is 0. The van der Waals surface area contributed by atoms with Gasteiger partial charge in [-0.3, -0.25) is 9.89 Å². The molecule has 1 fully saturated rings. The van der Waals surface area contributed by atoms with Gasteiger partial charge in [-0.2, -0.15) is 0 Å². The summed E-state index contributed by atoms with van der Waals surface area (Å²) in [7, 11) is 0. The number of hydrogen-bond donors (Lipinski definition) is 0. The molecular formula is C23H28N2. The van der Waals surface area contributed by atoms with Crippen LogP contribution in [0.5, 0.6) is 0 Å². The molecule has 0 radical (unpaired) electrons. The fraction of sp³-hybridized carbons (Fsp3) is 0.435. The van der Waals surface area contributed by atoms with Crippen molar-refractivity contribution in [1.29, 1.82) is 0 Å². The molecule has 0 unspecified atom stereocenters. The summed E-state index contributed by atoms with van der Waals surface area (Å²) in [6.45, 7) is 7.02. The lowest BCUT2D eigenvalue weighted by molar-refractivity contribution is 0.0567. The highest BCUT2D eigenvalue weighted by molar-refractivity contribution is 5.79. The molecule has 130 valence electrons. The van der Waals surface area contributed by atoms with Gasteiger partial charge in [0.2, 0.25) is 0 Å². The number of aliphatic imine (C=N–C) groups is 1. The minimum absolute atomic E-state index is 0.391. The zero-order valence-electron chi connectivity index (χ0n) is 15.3. The topological polar surface area (TPSA) is 15.6 Å². The van der Waals surface area contributed by atoms with Crippen molar-refractivity contribution in [3.05, 3.63) is 71.3 Å². The van der Waals surface area contributed by atoms with Crippen molar-refractivity contribution >= 4 is 6.21 Å². The fourth-order valence-electron chi connectivity index (χ4n) is 4.60. The molecule has 0 aromatic heterocycles. The minimum Gasteiger partial charge on any atom is -0.294 e. The van der Waals surface area contributed by atoms with Crippen LogP contribution in [0.4, 0.5) is 0 Å². The van der Waals surface area contributed by atoms with Gasteiger partial charge in [0.15, 0.2) is 0 Å². The van der Waals surface area contributed by atoms with Crippen LogP contribution in [0.2, 0.25) is 0 Å². The molecule has 2 aromatic carbocycles. The van der Waals surface area contributed by atoms with Crippen LogP contribution in [0.25, 0.3) is 0 Å². The van der Waals surface area contributed by atoms with Crippen molar-refractivity contribution in [3.63, 3.8) is 0 Å². The quantitative estimate of drug-likeness (QED) is 0.751. The first-order valence-corrected chi connectivity index (χ1v) is 9.61. The van der Waals surface area contributed by atoms with Gasteiger partial charge in [-0.15, -0.1) is 0 Å². The first kappa shape index (κ1) is 16.5. The second-order valence-electron chi connectivity index (χ2n) is 7.89. The van der Waals surface area contributed by atoms with Crippen molar-refractivity contribution in [2.45, 2.75) is 45.3 Å². The summed E-state index contributed by atoms with van der Waals surface area (Å²) in [5.74, 6) is 1.35. The van der Waals surface area contributed by atoms with Crippen LogP contribution < -0.4 is 0 Å². The average Bonchev–Trinajstić information content (AvgIpc) is 2.65. The van der Waals surface area contributed by atoms with E-state index in [0.717, 1.165) is 13.0 Å². The third kappa shape index (κ3) is 3.41. The van der Waals surface area contributed by atoms with Crippen LogP contribution in [0, 0.1) is 11.8 Å². The number of benzene rings is 2. The number of fused-ring (bicyclic) bond motifs is 2. The zero-order chi connectivity index (χ0) is 17.2. The molecule has 2 aliphatic rings. The zero-order valence-corrected chi connectivity index (χ0v) is 15.3. The summed E-state index contributed by atoms with van der Waals surface area (Å²) >= 11 is 0. The molecule has 0 spiro atoms. The maximum Gasteiger partial charge on any atom is 0.0689 e. The summed E-state index contributed by atoms with van der Waals surface area (Å²) in [6, 6.07) is 20.4. The lowest BCUT2D eigenvalue weighted by Crippen LogP contribution is -2.55. The average molecular weight is 332 g/mol. The summed E-state index contributed by atoms with van der Waals surface area (Å²) in [5.41, 5.74) is 4.24. The van der Waals surface area contributed by atoms with E-state index < -0.39 is 0 Å². The lowest BCUT2D eigenvalue weighted by Gasteiger charge is -2.48.